The Bertz CT molecular complexity index is 327. The summed E-state index contributed by atoms with van der Waals surface area (Å²) in [6.45, 7) is 5.09. The minimum Gasteiger partial charge on any atom is -0.478 e. The van der Waals surface area contributed by atoms with Gasteiger partial charge in [0.15, 0.2) is 5.78 Å². The summed E-state index contributed by atoms with van der Waals surface area (Å²) in [6, 6.07) is 0. The van der Waals surface area contributed by atoms with Crippen molar-refractivity contribution in [2.75, 3.05) is 6.61 Å². The zero-order chi connectivity index (χ0) is 12.3. The molecule has 0 bridgehead atoms. The fraction of sp³-hybridized carbons (Fsp3) is 0.500. The van der Waals surface area contributed by atoms with Crippen LogP contribution in [0, 0.1) is 0 Å². The van der Waals surface area contributed by atoms with Crippen LogP contribution in [0.5, 0.6) is 0 Å². The van der Waals surface area contributed by atoms with Crippen molar-refractivity contribution in [3.05, 3.63) is 12.2 Å². The normalized spacial score (nSPS) is 25.1. The van der Waals surface area contributed by atoms with Gasteiger partial charge in [-0.3, -0.25) is 4.79 Å². The smallest absolute Gasteiger partial charge is 0.343 e. The Labute approximate surface area is 91.8 Å². The van der Waals surface area contributed by atoms with E-state index in [9.17, 15) is 14.4 Å². The topological polar surface area (TPSA) is 89.9 Å². The summed E-state index contributed by atoms with van der Waals surface area (Å²) in [7, 11) is 0. The van der Waals surface area contributed by atoms with Crippen LogP contribution in [0.25, 0.3) is 0 Å². The van der Waals surface area contributed by atoms with Crippen molar-refractivity contribution in [1.82, 2.24) is 0 Å². The second-order valence-corrected chi connectivity index (χ2v) is 3.26. The second-order valence-electron chi connectivity index (χ2n) is 3.26. The predicted octanol–water partition coefficient (Wildman–Crippen LogP) is -0.0831. The molecule has 2 unspecified atom stereocenters. The Morgan fingerprint density at radius 3 is 2.69 bits per heavy atom. The van der Waals surface area contributed by atoms with Crippen molar-refractivity contribution in [2.45, 2.75) is 25.6 Å². The van der Waals surface area contributed by atoms with Gasteiger partial charge in [-0.1, -0.05) is 6.58 Å². The van der Waals surface area contributed by atoms with Crippen LogP contribution in [-0.2, 0) is 23.9 Å². The molecule has 0 aliphatic carbocycles. The lowest BCUT2D eigenvalue weighted by atomic mass is 9.99. The molecule has 6 heteroatoms. The maximum atomic E-state index is 11.5. The molecule has 0 amide bonds. The minimum absolute atomic E-state index is 0.204. The molecule has 0 aromatic carbocycles. The highest BCUT2D eigenvalue weighted by molar-refractivity contribution is 6.05. The number of Topliss-reactive ketones (excluding diaryl/α,β-unsaturated/α-hetero) is 1. The number of aliphatic carboxylic acids is 1. The Morgan fingerprint density at radius 1 is 1.62 bits per heavy atom. The van der Waals surface area contributed by atoms with Gasteiger partial charge in [-0.2, -0.15) is 0 Å². The van der Waals surface area contributed by atoms with E-state index in [4.69, 9.17) is 14.6 Å². The molecule has 2 atom stereocenters. The second kappa shape index (κ2) is 4.89. The van der Waals surface area contributed by atoms with Crippen LogP contribution in [0.15, 0.2) is 12.2 Å². The summed E-state index contributed by atoms with van der Waals surface area (Å²) in [5, 5.41) is 8.64. The van der Waals surface area contributed by atoms with Crippen molar-refractivity contribution in [2.24, 2.45) is 0 Å². The summed E-state index contributed by atoms with van der Waals surface area (Å²) in [6.07, 6.45) is -2.53. The molecule has 6 nitrogen and oxygen atoms in total. The largest absolute Gasteiger partial charge is 0.478 e. The lowest BCUT2D eigenvalue weighted by molar-refractivity contribution is -0.173. The molecule has 1 heterocycles. The highest BCUT2D eigenvalue weighted by Gasteiger charge is 2.40. The molecule has 1 N–H and O–H groups in total. The van der Waals surface area contributed by atoms with Crippen molar-refractivity contribution in [3.63, 3.8) is 0 Å². The molecule has 0 radical (unpaired) electrons. The van der Waals surface area contributed by atoms with Gasteiger partial charge >= 0.3 is 11.9 Å². The molecule has 16 heavy (non-hydrogen) atoms. The van der Waals surface area contributed by atoms with Crippen LogP contribution in [0.3, 0.4) is 0 Å². The van der Waals surface area contributed by atoms with E-state index >= 15 is 0 Å². The third-order valence-electron chi connectivity index (χ3n) is 2.15. The van der Waals surface area contributed by atoms with Crippen LogP contribution < -0.4 is 0 Å². The third-order valence-corrected chi connectivity index (χ3v) is 2.15. The van der Waals surface area contributed by atoms with Crippen LogP contribution in [0.4, 0.5) is 0 Å². The van der Waals surface area contributed by atoms with E-state index in [0.29, 0.717) is 0 Å². The van der Waals surface area contributed by atoms with Gasteiger partial charge in [-0.05, 0) is 6.92 Å². The highest BCUT2D eigenvalue weighted by Crippen LogP contribution is 2.19. The van der Waals surface area contributed by atoms with Crippen molar-refractivity contribution in [3.8, 4) is 0 Å². The molecular weight excluding hydrogens is 216 g/mol. The highest BCUT2D eigenvalue weighted by atomic mass is 16.6. The number of hydrogen-bond donors (Lipinski definition) is 1. The van der Waals surface area contributed by atoms with E-state index < -0.39 is 29.9 Å². The molecule has 1 fully saturated rings. The number of ketones is 1. The van der Waals surface area contributed by atoms with Crippen molar-refractivity contribution in [1.29, 1.82) is 0 Å². The number of cyclic esters (lactones) is 1. The maximum Gasteiger partial charge on any atom is 0.343 e. The monoisotopic (exact) mass is 228 g/mol. The van der Waals surface area contributed by atoms with Gasteiger partial charge in [0.05, 0.1) is 12.0 Å². The number of esters is 1. The number of carbonyl (C=O) groups excluding carboxylic acids is 2. The number of hydrogen-bond acceptors (Lipinski definition) is 5. The van der Waals surface area contributed by atoms with E-state index in [1.807, 2.05) is 0 Å². The van der Waals surface area contributed by atoms with Gasteiger partial charge in [0.2, 0.25) is 6.10 Å². The number of carbonyl (C=O) groups is 3. The maximum absolute atomic E-state index is 11.5. The first-order valence-electron chi connectivity index (χ1n) is 4.74. The molecule has 1 aliphatic rings. The van der Waals surface area contributed by atoms with E-state index in [1.165, 1.54) is 0 Å². The van der Waals surface area contributed by atoms with Crippen molar-refractivity contribution < 1.29 is 29.0 Å². The Kier molecular flexibility index (Phi) is 3.78. The Morgan fingerprint density at radius 2 is 2.25 bits per heavy atom. The van der Waals surface area contributed by atoms with Crippen LogP contribution in [-0.4, -0.2) is 41.6 Å². The molecule has 1 aliphatic heterocycles. The molecule has 0 saturated carbocycles. The quantitative estimate of drug-likeness (QED) is 0.411. The molecule has 1 rings (SSSR count). The first-order chi connectivity index (χ1) is 7.47. The van der Waals surface area contributed by atoms with Gasteiger partial charge in [0.1, 0.15) is 6.10 Å². The standard InChI is InChI=1S/C10H12O6/c1-3-15-8-6(11)4-7(16-10(8)14)5(2)9(12)13/h7-8H,2-4H2,1H3,(H,12,13). The minimum atomic E-state index is -1.29. The Hall–Kier alpha value is -1.69. The van der Waals surface area contributed by atoms with Gasteiger partial charge in [-0.15, -0.1) is 0 Å². The lowest BCUT2D eigenvalue weighted by Crippen LogP contribution is -2.45. The fourth-order valence-corrected chi connectivity index (χ4v) is 1.32. The number of ether oxygens (including phenoxy) is 2. The zero-order valence-corrected chi connectivity index (χ0v) is 8.76. The SMILES string of the molecule is C=C(C(=O)O)C1CC(=O)C(OCC)C(=O)O1. The van der Waals surface area contributed by atoms with Crippen molar-refractivity contribution >= 4 is 17.7 Å². The summed E-state index contributed by atoms with van der Waals surface area (Å²) in [5.74, 6) is -2.63. The molecule has 0 aromatic heterocycles. The average molecular weight is 228 g/mol. The summed E-state index contributed by atoms with van der Waals surface area (Å²) in [5.41, 5.74) is -0.309. The first kappa shape index (κ1) is 12.4. The number of rotatable bonds is 4. The fourth-order valence-electron chi connectivity index (χ4n) is 1.32. The Balaban J connectivity index is 2.73. The van der Waals surface area contributed by atoms with Crippen LogP contribution >= 0.6 is 0 Å². The summed E-state index contributed by atoms with van der Waals surface area (Å²) < 4.78 is 9.67. The molecule has 88 valence electrons. The van der Waals surface area contributed by atoms with Gasteiger partial charge in [-0.25, -0.2) is 9.59 Å². The third kappa shape index (κ3) is 2.46. The molecular formula is C10H12O6. The van der Waals surface area contributed by atoms with Crippen LogP contribution in [0.1, 0.15) is 13.3 Å². The van der Waals surface area contributed by atoms with E-state index in [1.54, 1.807) is 6.92 Å². The molecule has 0 aromatic rings. The van der Waals surface area contributed by atoms with Gasteiger partial charge < -0.3 is 14.6 Å². The van der Waals surface area contributed by atoms with Crippen LogP contribution in [0.2, 0.25) is 0 Å². The predicted molar refractivity (Wildman–Crippen MR) is 51.7 cm³/mol. The van der Waals surface area contributed by atoms with Gasteiger partial charge in [0.25, 0.3) is 0 Å². The van der Waals surface area contributed by atoms with E-state index in [0.717, 1.165) is 0 Å². The average Bonchev–Trinajstić information content (AvgIpc) is 2.21. The zero-order valence-electron chi connectivity index (χ0n) is 8.76. The van der Waals surface area contributed by atoms with E-state index in [2.05, 4.69) is 6.58 Å². The number of carboxylic acids is 1. The molecule has 0 spiro atoms. The lowest BCUT2D eigenvalue weighted by Gasteiger charge is -2.26. The van der Waals surface area contributed by atoms with Gasteiger partial charge in [0, 0.05) is 6.61 Å². The number of carboxylic acid groups (broad SMARTS) is 1. The first-order valence-corrected chi connectivity index (χ1v) is 4.74. The summed E-state index contributed by atoms with van der Waals surface area (Å²) in [4.78, 5) is 33.4. The summed E-state index contributed by atoms with van der Waals surface area (Å²) >= 11 is 0. The van der Waals surface area contributed by atoms with E-state index in [-0.39, 0.29) is 18.6 Å². The molecule has 1 saturated heterocycles.